The lowest BCUT2D eigenvalue weighted by atomic mass is 9.70. The Morgan fingerprint density at radius 3 is 2.20 bits per heavy atom. The Kier molecular flexibility index (Phi) is 30.6. The lowest BCUT2D eigenvalue weighted by Crippen LogP contribution is -2.42. The fraction of sp³-hybridized carbons (Fsp3) is 0.800. The summed E-state index contributed by atoms with van der Waals surface area (Å²) in [7, 11) is 0. The summed E-state index contributed by atoms with van der Waals surface area (Å²) in [5.74, 6) is 2.88. The molecule has 0 aromatic carbocycles. The molecule has 3 aliphatic rings. The number of hydrogen-bond donors (Lipinski definition) is 1. The number of ketones is 2. The van der Waals surface area contributed by atoms with E-state index in [0.29, 0.717) is 117 Å². The predicted molar refractivity (Wildman–Crippen MR) is 285 cm³/mol. The summed E-state index contributed by atoms with van der Waals surface area (Å²) in [6, 6.07) is 0.598. The lowest BCUT2D eigenvalue weighted by Gasteiger charge is -2.38. The molecule has 10 heteroatoms. The fourth-order valence-electron chi connectivity index (χ4n) is 11.0. The van der Waals surface area contributed by atoms with Gasteiger partial charge >= 0.3 is 0 Å². The molecule has 3 rings (SSSR count). The van der Waals surface area contributed by atoms with Gasteiger partial charge in [0.1, 0.15) is 18.2 Å². The van der Waals surface area contributed by atoms with Gasteiger partial charge in [-0.1, -0.05) is 103 Å². The van der Waals surface area contributed by atoms with Crippen molar-refractivity contribution in [3.8, 4) is 0 Å². The number of nitrogens with zero attached hydrogens (tertiary/aromatic N) is 1. The number of aliphatic hydroxyl groups excluding tert-OH is 1. The van der Waals surface area contributed by atoms with Crippen LogP contribution in [0.5, 0.6) is 0 Å². The highest BCUT2D eigenvalue weighted by Gasteiger charge is 2.35. The van der Waals surface area contributed by atoms with Gasteiger partial charge in [-0.25, -0.2) is 0 Å². The number of Topliss-reactive ketones (excluding diaryl/α,β-unsaturated/α-hetero) is 2. The molecule has 1 heterocycles. The van der Waals surface area contributed by atoms with Crippen LogP contribution in [0.4, 0.5) is 0 Å². The molecule has 2 aliphatic carbocycles. The van der Waals surface area contributed by atoms with Crippen LogP contribution >= 0.6 is 0 Å². The fourth-order valence-corrected chi connectivity index (χ4v) is 11.0. The van der Waals surface area contributed by atoms with Crippen molar-refractivity contribution < 1.29 is 43.2 Å². The summed E-state index contributed by atoms with van der Waals surface area (Å²) in [4.78, 5) is 50.3. The Morgan fingerprint density at radius 1 is 0.843 bits per heavy atom. The SMILES string of the molecule is CCC(C(C)C)N(CCOCCOCCOC1CCC(C)(CCC(CC=O)CCC(C)/C=C(\C)C(CC(=O)C(C)CC/C=C/C=C/C=C/C(O)CC2CCCC(C(=O)C=O)O2)C2CC2)CC1)CC(C)C. The summed E-state index contributed by atoms with van der Waals surface area (Å²) in [6.07, 6.45) is 31.8. The van der Waals surface area contributed by atoms with Gasteiger partial charge in [0.05, 0.1) is 51.3 Å². The Hall–Kier alpha value is -2.60. The van der Waals surface area contributed by atoms with Gasteiger partial charge in [0.15, 0.2) is 6.29 Å². The highest BCUT2D eigenvalue weighted by Crippen LogP contribution is 2.44. The van der Waals surface area contributed by atoms with Crippen molar-refractivity contribution in [2.75, 3.05) is 46.1 Å². The number of aldehydes is 2. The van der Waals surface area contributed by atoms with E-state index >= 15 is 0 Å². The minimum Gasteiger partial charge on any atom is -0.389 e. The van der Waals surface area contributed by atoms with Crippen molar-refractivity contribution in [1.82, 2.24) is 4.90 Å². The second-order valence-corrected chi connectivity index (χ2v) is 22.8. The van der Waals surface area contributed by atoms with E-state index in [9.17, 15) is 24.3 Å². The first kappa shape index (κ1) is 61.7. The minimum absolute atomic E-state index is 0.00720. The minimum atomic E-state index is -0.695. The molecular weight excluding hydrogens is 879 g/mol. The molecule has 0 aromatic heterocycles. The van der Waals surface area contributed by atoms with Crippen molar-refractivity contribution in [3.05, 3.63) is 48.1 Å². The highest BCUT2D eigenvalue weighted by molar-refractivity contribution is 6.27. The van der Waals surface area contributed by atoms with Crippen LogP contribution in [0.3, 0.4) is 0 Å². The Morgan fingerprint density at radius 2 is 1.54 bits per heavy atom. The molecule has 1 N–H and O–H groups in total. The summed E-state index contributed by atoms with van der Waals surface area (Å²) < 4.78 is 23.8. The Bertz CT molecular complexity index is 1590. The summed E-state index contributed by atoms with van der Waals surface area (Å²) in [5.41, 5.74) is 1.66. The van der Waals surface area contributed by atoms with E-state index in [1.807, 2.05) is 18.2 Å². The molecule has 0 bridgehead atoms. The quantitative estimate of drug-likeness (QED) is 0.0209. The second kappa shape index (κ2) is 34.8. The van der Waals surface area contributed by atoms with Crippen LogP contribution in [0.15, 0.2) is 48.1 Å². The number of aliphatic hydroxyl groups is 1. The zero-order valence-electron chi connectivity index (χ0n) is 45.7. The van der Waals surface area contributed by atoms with Gasteiger partial charge in [0.2, 0.25) is 5.78 Å². The van der Waals surface area contributed by atoms with E-state index in [1.54, 1.807) is 12.2 Å². The van der Waals surface area contributed by atoms with E-state index in [4.69, 9.17) is 18.9 Å². The molecule has 8 unspecified atom stereocenters. The average molecular weight is 980 g/mol. The van der Waals surface area contributed by atoms with E-state index in [-0.39, 0.29) is 12.0 Å². The third kappa shape index (κ3) is 25.4. The number of carbonyl (C=O) groups is 4. The van der Waals surface area contributed by atoms with Crippen LogP contribution in [0, 0.1) is 46.8 Å². The molecule has 8 atom stereocenters. The van der Waals surface area contributed by atoms with Crippen molar-refractivity contribution in [3.63, 3.8) is 0 Å². The molecule has 0 radical (unpaired) electrons. The van der Waals surface area contributed by atoms with Gasteiger partial charge < -0.3 is 28.8 Å². The van der Waals surface area contributed by atoms with Crippen LogP contribution in [0.25, 0.3) is 0 Å². The molecule has 1 aliphatic heterocycles. The van der Waals surface area contributed by atoms with Crippen LogP contribution in [-0.4, -0.2) is 111 Å². The van der Waals surface area contributed by atoms with Crippen molar-refractivity contribution in [2.24, 2.45) is 46.8 Å². The van der Waals surface area contributed by atoms with Crippen LogP contribution in [-0.2, 0) is 38.1 Å². The average Bonchev–Trinajstić information content (AvgIpc) is 4.17. The van der Waals surface area contributed by atoms with Gasteiger partial charge in [0.25, 0.3) is 0 Å². The van der Waals surface area contributed by atoms with E-state index in [0.717, 1.165) is 103 Å². The van der Waals surface area contributed by atoms with Gasteiger partial charge in [-0.3, -0.25) is 19.3 Å². The topological polar surface area (TPSA) is 129 Å². The standard InChI is InChI=1S/C60H101NO9/c1-10-56(46(4)5)61(43-45(2)3)33-35-67-36-37-68-38-39-69-53-27-31-60(9,32-28-53)30-26-50(29-34-62)23-22-47(6)40-49(8)55(51-24-25-51)42-57(65)48(7)18-15-13-11-12-14-16-19-52(64)41-54-20-17-21-59(70-54)58(66)44-63/h11-14,16,19,34,40,44-48,50-56,59,64H,10,15,17-18,20-33,35-39,41-43H2,1-9H3/b13-11+,14-12+,19-16+,49-40+. The maximum absolute atomic E-state index is 13.5. The number of hydrogen-bond acceptors (Lipinski definition) is 10. The second-order valence-electron chi connectivity index (χ2n) is 22.8. The largest absolute Gasteiger partial charge is 0.389 e. The zero-order valence-corrected chi connectivity index (χ0v) is 45.7. The van der Waals surface area contributed by atoms with Crippen molar-refractivity contribution in [2.45, 2.75) is 215 Å². The smallest absolute Gasteiger partial charge is 0.223 e. The summed E-state index contributed by atoms with van der Waals surface area (Å²) >= 11 is 0. The molecule has 0 aromatic rings. The summed E-state index contributed by atoms with van der Waals surface area (Å²) in [6.45, 7) is 25.8. The molecule has 10 nitrogen and oxygen atoms in total. The van der Waals surface area contributed by atoms with Crippen LogP contribution < -0.4 is 0 Å². The molecular formula is C60H101NO9. The van der Waals surface area contributed by atoms with E-state index in [1.165, 1.54) is 24.8 Å². The zero-order chi connectivity index (χ0) is 51.3. The normalized spacial score (nSPS) is 24.2. The van der Waals surface area contributed by atoms with Crippen LogP contribution in [0.2, 0.25) is 0 Å². The van der Waals surface area contributed by atoms with Crippen molar-refractivity contribution in [1.29, 1.82) is 0 Å². The van der Waals surface area contributed by atoms with Crippen molar-refractivity contribution >= 4 is 24.1 Å². The van der Waals surface area contributed by atoms with E-state index < -0.39 is 18.0 Å². The Balaban J connectivity index is 1.29. The molecule has 1 saturated heterocycles. The number of rotatable bonds is 39. The molecule has 70 heavy (non-hydrogen) atoms. The first-order valence-corrected chi connectivity index (χ1v) is 28.1. The van der Waals surface area contributed by atoms with Crippen LogP contribution in [0.1, 0.15) is 184 Å². The first-order valence-electron chi connectivity index (χ1n) is 28.1. The summed E-state index contributed by atoms with van der Waals surface area (Å²) in [5, 5.41) is 10.4. The first-order chi connectivity index (χ1) is 33.6. The molecule has 3 fully saturated rings. The highest BCUT2D eigenvalue weighted by atomic mass is 16.5. The molecule has 2 saturated carbocycles. The maximum Gasteiger partial charge on any atom is 0.223 e. The van der Waals surface area contributed by atoms with E-state index in [2.05, 4.69) is 79.4 Å². The molecule has 0 amide bonds. The Labute approximate surface area is 426 Å². The monoisotopic (exact) mass is 980 g/mol. The van der Waals surface area contributed by atoms with Gasteiger partial charge in [-0.2, -0.15) is 0 Å². The van der Waals surface area contributed by atoms with Gasteiger partial charge in [0, 0.05) is 44.3 Å². The molecule has 400 valence electrons. The number of carbonyl (C=O) groups excluding carboxylic acids is 4. The maximum atomic E-state index is 13.5. The predicted octanol–water partition coefficient (Wildman–Crippen LogP) is 12.3. The third-order valence-electron chi connectivity index (χ3n) is 15.6. The number of allylic oxidation sites excluding steroid dienone is 7. The van der Waals surface area contributed by atoms with Gasteiger partial charge in [-0.05, 0) is 151 Å². The number of ether oxygens (including phenoxy) is 4. The van der Waals surface area contributed by atoms with Gasteiger partial charge in [-0.15, -0.1) is 0 Å². The molecule has 0 spiro atoms. The third-order valence-corrected chi connectivity index (χ3v) is 15.6. The lowest BCUT2D eigenvalue weighted by molar-refractivity contribution is -0.145.